The Morgan fingerprint density at radius 1 is 0.255 bits per heavy atom. The number of ether oxygens (including phenoxy) is 4. The van der Waals surface area contributed by atoms with E-state index < -0.39 is 97.5 Å². The number of rotatable bonds is 87. The molecule has 5 atom stereocenters. The van der Waals surface area contributed by atoms with Crippen molar-refractivity contribution >= 4 is 39.5 Å². The lowest BCUT2D eigenvalue weighted by Gasteiger charge is -2.21. The van der Waals surface area contributed by atoms with Gasteiger partial charge in [-0.1, -0.05) is 420 Å². The van der Waals surface area contributed by atoms with E-state index in [0.717, 1.165) is 95.8 Å². The van der Waals surface area contributed by atoms with E-state index in [1.807, 2.05) is 0 Å². The third kappa shape index (κ3) is 80.1. The Morgan fingerprint density at radius 2 is 0.434 bits per heavy atom. The van der Waals surface area contributed by atoms with Crippen LogP contribution in [0.3, 0.4) is 0 Å². The third-order valence-electron chi connectivity index (χ3n) is 20.5. The lowest BCUT2D eigenvalue weighted by molar-refractivity contribution is -0.161. The first-order valence-corrected chi connectivity index (χ1v) is 48.1. The number of phosphoric ester groups is 2. The summed E-state index contributed by atoms with van der Waals surface area (Å²) in [6.07, 6.45) is 73.7. The van der Waals surface area contributed by atoms with Gasteiger partial charge in [-0.05, 0) is 31.6 Å². The molecule has 0 bridgehead atoms. The first-order chi connectivity index (χ1) is 51.5. The molecule has 0 aliphatic rings. The monoisotopic (exact) mass is 1550 g/mol. The number of hydrogen-bond donors (Lipinski definition) is 3. The molecule has 0 radical (unpaired) electrons. The third-order valence-corrected chi connectivity index (χ3v) is 22.4. The van der Waals surface area contributed by atoms with Gasteiger partial charge in [-0.3, -0.25) is 37.3 Å². The Labute approximate surface area is 651 Å². The zero-order valence-electron chi connectivity index (χ0n) is 69.6. The average Bonchev–Trinajstić information content (AvgIpc) is 0.900. The SMILES string of the molecule is CCCCCCCCCCCCCCCCCCCCC(=O)OC[C@H](COP(=O)(O)OC[C@@H](O)COP(=O)(O)OC[C@@H](COC(=O)CCCCCCCCCCC)OC(=O)CCCCCCCCCCCCCCCCCCCC)OC(=O)CCCCCCCCCCCCCCCCCCCCC(C)C. The lowest BCUT2D eigenvalue weighted by Crippen LogP contribution is -2.30. The maximum absolute atomic E-state index is 13.1. The van der Waals surface area contributed by atoms with Gasteiger partial charge in [-0.15, -0.1) is 0 Å². The molecule has 0 aromatic carbocycles. The van der Waals surface area contributed by atoms with Gasteiger partial charge in [-0.2, -0.15) is 0 Å². The number of phosphoric acid groups is 2. The van der Waals surface area contributed by atoms with E-state index in [2.05, 4.69) is 34.6 Å². The fraction of sp³-hybridized carbons (Fsp3) is 0.954. The van der Waals surface area contributed by atoms with Crippen LogP contribution in [0, 0.1) is 5.92 Å². The molecule has 0 aliphatic heterocycles. The van der Waals surface area contributed by atoms with Crippen LogP contribution >= 0.6 is 15.6 Å². The molecule has 2 unspecified atom stereocenters. The minimum absolute atomic E-state index is 0.109. The number of aliphatic hydroxyl groups is 1. The van der Waals surface area contributed by atoms with Crippen molar-refractivity contribution in [2.75, 3.05) is 39.6 Å². The number of aliphatic hydroxyl groups excluding tert-OH is 1. The molecular formula is C87H170O17P2. The van der Waals surface area contributed by atoms with Gasteiger partial charge >= 0.3 is 39.5 Å². The van der Waals surface area contributed by atoms with Crippen molar-refractivity contribution < 1.29 is 80.2 Å². The first kappa shape index (κ1) is 104. The summed E-state index contributed by atoms with van der Waals surface area (Å²) < 4.78 is 68.9. The van der Waals surface area contributed by atoms with Crippen molar-refractivity contribution in [3.8, 4) is 0 Å². The predicted octanol–water partition coefficient (Wildman–Crippen LogP) is 26.8. The molecular weight excluding hydrogens is 1380 g/mol. The molecule has 0 spiro atoms. The van der Waals surface area contributed by atoms with Gasteiger partial charge in [-0.25, -0.2) is 9.13 Å². The van der Waals surface area contributed by atoms with E-state index in [0.29, 0.717) is 25.7 Å². The van der Waals surface area contributed by atoms with E-state index in [-0.39, 0.29) is 25.7 Å². The molecule has 0 heterocycles. The van der Waals surface area contributed by atoms with Crippen LogP contribution in [0.15, 0.2) is 0 Å². The van der Waals surface area contributed by atoms with Crippen LogP contribution in [-0.2, 0) is 65.4 Å². The molecule has 0 aliphatic carbocycles. The highest BCUT2D eigenvalue weighted by atomic mass is 31.2. The summed E-state index contributed by atoms with van der Waals surface area (Å²) in [5.74, 6) is -1.28. The quantitative estimate of drug-likeness (QED) is 0.0222. The molecule has 0 aromatic rings. The van der Waals surface area contributed by atoms with Gasteiger partial charge in [0.25, 0.3) is 0 Å². The highest BCUT2D eigenvalue weighted by Gasteiger charge is 2.30. The molecule has 0 saturated carbocycles. The van der Waals surface area contributed by atoms with Crippen molar-refractivity contribution in [2.24, 2.45) is 5.92 Å². The Bertz CT molecular complexity index is 2010. The number of carbonyl (C=O) groups is 4. The minimum Gasteiger partial charge on any atom is -0.462 e. The van der Waals surface area contributed by atoms with Crippen molar-refractivity contribution in [1.82, 2.24) is 0 Å². The summed E-state index contributed by atoms with van der Waals surface area (Å²) in [6.45, 7) is 7.39. The largest absolute Gasteiger partial charge is 0.472 e. The summed E-state index contributed by atoms with van der Waals surface area (Å²) in [6, 6.07) is 0. The smallest absolute Gasteiger partial charge is 0.462 e. The highest BCUT2D eigenvalue weighted by molar-refractivity contribution is 7.47. The maximum Gasteiger partial charge on any atom is 0.472 e. The Balaban J connectivity index is 5.20. The zero-order valence-corrected chi connectivity index (χ0v) is 71.4. The summed E-state index contributed by atoms with van der Waals surface area (Å²) >= 11 is 0. The standard InChI is InChI=1S/C87H170O17P2/c1-6-9-12-15-18-21-23-25-27-29-34-38-42-46-51-56-61-66-71-85(90)98-77-83(104-87(92)73-68-63-58-53-48-44-40-36-32-31-33-37-41-45-50-54-59-64-69-80(4)5)79-102-106(95,96)100-75-81(88)74-99-105(93,94)101-78-82(76-97-84(89)70-65-60-55-49-20-17-14-11-8-3)103-86(91)72-67-62-57-52-47-43-39-35-30-28-26-24-22-19-16-13-10-7-2/h80-83,88H,6-79H2,1-5H3,(H,93,94)(H,95,96)/t81-,82+,83+/m0/s1. The fourth-order valence-electron chi connectivity index (χ4n) is 13.6. The van der Waals surface area contributed by atoms with Crippen LogP contribution in [0.25, 0.3) is 0 Å². The Kier molecular flexibility index (Phi) is 78.2. The molecule has 0 rings (SSSR count). The van der Waals surface area contributed by atoms with Crippen LogP contribution in [-0.4, -0.2) is 96.7 Å². The molecule has 0 saturated heterocycles. The van der Waals surface area contributed by atoms with Crippen LogP contribution in [0.5, 0.6) is 0 Å². The van der Waals surface area contributed by atoms with Gasteiger partial charge in [0, 0.05) is 25.7 Å². The minimum atomic E-state index is -4.97. The number of hydrogen-bond acceptors (Lipinski definition) is 15. The zero-order chi connectivity index (χ0) is 77.6. The Hall–Kier alpha value is -1.94. The van der Waals surface area contributed by atoms with E-state index in [1.165, 1.54) is 295 Å². The number of unbranched alkanes of at least 4 members (excludes halogenated alkanes) is 59. The fourth-order valence-corrected chi connectivity index (χ4v) is 15.2. The summed E-state index contributed by atoms with van der Waals surface area (Å²) in [5, 5.41) is 10.7. The summed E-state index contributed by atoms with van der Waals surface area (Å²) in [4.78, 5) is 73.2. The van der Waals surface area contributed by atoms with Crippen LogP contribution in [0.2, 0.25) is 0 Å². The molecule has 3 N–H and O–H groups in total. The van der Waals surface area contributed by atoms with Gasteiger partial charge in [0.05, 0.1) is 26.4 Å². The van der Waals surface area contributed by atoms with E-state index in [9.17, 15) is 43.2 Å². The highest BCUT2D eigenvalue weighted by Crippen LogP contribution is 2.45. The molecule has 630 valence electrons. The normalized spacial score (nSPS) is 13.7. The van der Waals surface area contributed by atoms with Crippen LogP contribution < -0.4 is 0 Å². The number of carbonyl (C=O) groups excluding carboxylic acids is 4. The summed E-state index contributed by atoms with van der Waals surface area (Å²) in [7, 11) is -9.93. The van der Waals surface area contributed by atoms with E-state index >= 15 is 0 Å². The number of esters is 4. The van der Waals surface area contributed by atoms with Crippen LogP contribution in [0.1, 0.15) is 471 Å². The van der Waals surface area contributed by atoms with Crippen molar-refractivity contribution in [2.45, 2.75) is 490 Å². The molecule has 17 nitrogen and oxygen atoms in total. The second-order valence-corrected chi connectivity index (χ2v) is 34.7. The predicted molar refractivity (Wildman–Crippen MR) is 437 cm³/mol. The van der Waals surface area contributed by atoms with E-state index in [1.54, 1.807) is 0 Å². The average molecular weight is 1550 g/mol. The van der Waals surface area contributed by atoms with Gasteiger partial charge in [0.15, 0.2) is 12.2 Å². The molecule has 0 fully saturated rings. The topological polar surface area (TPSA) is 237 Å². The lowest BCUT2D eigenvalue weighted by atomic mass is 10.0. The molecule has 0 aromatic heterocycles. The van der Waals surface area contributed by atoms with Crippen molar-refractivity contribution in [3.05, 3.63) is 0 Å². The molecule has 19 heteroatoms. The van der Waals surface area contributed by atoms with Crippen molar-refractivity contribution in [1.29, 1.82) is 0 Å². The van der Waals surface area contributed by atoms with Gasteiger partial charge in [0.2, 0.25) is 0 Å². The van der Waals surface area contributed by atoms with Crippen molar-refractivity contribution in [3.63, 3.8) is 0 Å². The Morgan fingerprint density at radius 3 is 0.642 bits per heavy atom. The summed E-state index contributed by atoms with van der Waals surface area (Å²) in [5.41, 5.74) is 0. The second kappa shape index (κ2) is 79.7. The second-order valence-electron chi connectivity index (χ2n) is 31.8. The molecule has 0 amide bonds. The van der Waals surface area contributed by atoms with Crippen LogP contribution in [0.4, 0.5) is 0 Å². The van der Waals surface area contributed by atoms with E-state index in [4.69, 9.17) is 37.0 Å². The van der Waals surface area contributed by atoms with Gasteiger partial charge < -0.3 is 33.8 Å². The first-order valence-electron chi connectivity index (χ1n) is 45.1. The van der Waals surface area contributed by atoms with Gasteiger partial charge in [0.1, 0.15) is 19.3 Å². The molecule has 106 heavy (non-hydrogen) atoms. The maximum atomic E-state index is 13.1.